The number of halogens is 3. The molecule has 0 radical (unpaired) electrons. The summed E-state index contributed by atoms with van der Waals surface area (Å²) >= 11 is 0. The van der Waals surface area contributed by atoms with Crippen LogP contribution in [0.4, 0.5) is 13.2 Å². The van der Waals surface area contributed by atoms with Crippen LogP contribution in [0.25, 0.3) is 11.3 Å². The summed E-state index contributed by atoms with van der Waals surface area (Å²) in [6.07, 6.45) is -2.67. The minimum atomic E-state index is -4.41. The molecule has 1 aliphatic heterocycles. The maximum absolute atomic E-state index is 12.7. The van der Waals surface area contributed by atoms with Crippen molar-refractivity contribution in [2.45, 2.75) is 18.6 Å². The lowest BCUT2D eigenvalue weighted by molar-refractivity contribution is -0.137. The third-order valence-electron chi connectivity index (χ3n) is 4.68. The first kappa shape index (κ1) is 18.4. The number of rotatable bonds is 3. The molecule has 0 aliphatic carbocycles. The van der Waals surface area contributed by atoms with E-state index in [1.807, 2.05) is 19.0 Å². The molecular formula is C19H20F3N3O. The molecule has 1 aromatic carbocycles. The molecule has 1 aliphatic rings. The summed E-state index contributed by atoms with van der Waals surface area (Å²) < 4.78 is 38.0. The van der Waals surface area contributed by atoms with E-state index in [0.29, 0.717) is 36.0 Å². The van der Waals surface area contributed by atoms with E-state index in [0.717, 1.165) is 18.7 Å². The molecule has 0 saturated carbocycles. The highest BCUT2D eigenvalue weighted by atomic mass is 19.4. The zero-order valence-electron chi connectivity index (χ0n) is 14.6. The second kappa shape index (κ2) is 7.07. The third kappa shape index (κ3) is 3.88. The fourth-order valence-electron chi connectivity index (χ4n) is 3.07. The first-order valence-corrected chi connectivity index (χ1v) is 8.35. The zero-order chi connectivity index (χ0) is 18.9. The molecule has 1 atom stereocenters. The van der Waals surface area contributed by atoms with Gasteiger partial charge in [0.25, 0.3) is 5.91 Å². The van der Waals surface area contributed by atoms with Crippen LogP contribution >= 0.6 is 0 Å². The summed E-state index contributed by atoms with van der Waals surface area (Å²) in [5.41, 5.74) is 0.747. The number of hydrogen-bond donors (Lipinski definition) is 0. The molecule has 1 fully saturated rings. The van der Waals surface area contributed by atoms with Gasteiger partial charge >= 0.3 is 6.18 Å². The van der Waals surface area contributed by atoms with Crippen molar-refractivity contribution >= 4 is 5.91 Å². The number of hydrogen-bond acceptors (Lipinski definition) is 3. The molecule has 2 heterocycles. The van der Waals surface area contributed by atoms with Crippen LogP contribution in [-0.2, 0) is 6.18 Å². The van der Waals surface area contributed by atoms with E-state index in [2.05, 4.69) is 9.88 Å². The van der Waals surface area contributed by atoms with Crippen molar-refractivity contribution in [1.29, 1.82) is 0 Å². The molecule has 7 heteroatoms. The van der Waals surface area contributed by atoms with E-state index >= 15 is 0 Å². The molecule has 4 nitrogen and oxygen atoms in total. The van der Waals surface area contributed by atoms with Crippen LogP contribution in [0.5, 0.6) is 0 Å². The van der Waals surface area contributed by atoms with Crippen LogP contribution in [0.1, 0.15) is 22.3 Å². The molecule has 0 bridgehead atoms. The quantitative estimate of drug-likeness (QED) is 0.837. The highest BCUT2D eigenvalue weighted by Crippen LogP contribution is 2.30. The van der Waals surface area contributed by atoms with Gasteiger partial charge in [0.2, 0.25) is 0 Å². The van der Waals surface area contributed by atoms with Gasteiger partial charge in [-0.25, -0.2) is 0 Å². The molecule has 2 aromatic rings. The average Bonchev–Trinajstić information content (AvgIpc) is 3.11. The number of benzene rings is 1. The Morgan fingerprint density at radius 1 is 1.23 bits per heavy atom. The van der Waals surface area contributed by atoms with Gasteiger partial charge in [-0.1, -0.05) is 12.1 Å². The van der Waals surface area contributed by atoms with E-state index < -0.39 is 11.7 Å². The summed E-state index contributed by atoms with van der Waals surface area (Å²) in [6.45, 7) is 1.37. The van der Waals surface area contributed by atoms with Crippen LogP contribution in [0.3, 0.4) is 0 Å². The Kier molecular flexibility index (Phi) is 5.00. The number of carbonyl (C=O) groups excluding carboxylic acids is 1. The van der Waals surface area contributed by atoms with Gasteiger partial charge in [0, 0.05) is 36.5 Å². The Labute approximate surface area is 150 Å². The predicted molar refractivity (Wildman–Crippen MR) is 92.7 cm³/mol. The highest BCUT2D eigenvalue weighted by molar-refractivity contribution is 5.95. The van der Waals surface area contributed by atoms with Crippen molar-refractivity contribution < 1.29 is 18.0 Å². The molecule has 26 heavy (non-hydrogen) atoms. The third-order valence-corrected chi connectivity index (χ3v) is 4.68. The Balaban J connectivity index is 1.79. The number of amides is 1. The molecule has 0 N–H and O–H groups in total. The lowest BCUT2D eigenvalue weighted by atomic mass is 10.1. The molecule has 1 aromatic heterocycles. The van der Waals surface area contributed by atoms with Gasteiger partial charge in [0.15, 0.2) is 0 Å². The Hall–Kier alpha value is -2.41. The van der Waals surface area contributed by atoms with Crippen molar-refractivity contribution in [2.24, 2.45) is 0 Å². The fraction of sp³-hybridized carbons (Fsp3) is 0.368. The van der Waals surface area contributed by atoms with Crippen molar-refractivity contribution in [3.05, 3.63) is 53.7 Å². The van der Waals surface area contributed by atoms with Gasteiger partial charge in [-0.05, 0) is 44.8 Å². The van der Waals surface area contributed by atoms with Crippen LogP contribution in [0.15, 0.2) is 42.6 Å². The molecule has 3 rings (SSSR count). The van der Waals surface area contributed by atoms with Crippen LogP contribution < -0.4 is 0 Å². The summed E-state index contributed by atoms with van der Waals surface area (Å²) in [4.78, 5) is 20.5. The Bertz CT molecular complexity index is 787. The number of alkyl halides is 3. The smallest absolute Gasteiger partial charge is 0.337 e. The van der Waals surface area contributed by atoms with Gasteiger partial charge in [-0.15, -0.1) is 0 Å². The first-order valence-electron chi connectivity index (χ1n) is 8.35. The Morgan fingerprint density at radius 3 is 2.58 bits per heavy atom. The summed E-state index contributed by atoms with van der Waals surface area (Å²) in [6, 6.07) is 9.53. The molecule has 1 saturated heterocycles. The second-order valence-electron chi connectivity index (χ2n) is 6.67. The van der Waals surface area contributed by atoms with Crippen molar-refractivity contribution in [3.63, 3.8) is 0 Å². The normalized spacial score (nSPS) is 17.8. The maximum Gasteiger partial charge on any atom is 0.417 e. The number of likely N-dealkylation sites (tertiary alicyclic amines) is 1. The van der Waals surface area contributed by atoms with Gasteiger partial charge < -0.3 is 9.80 Å². The summed E-state index contributed by atoms with van der Waals surface area (Å²) in [5, 5.41) is 0. The first-order chi connectivity index (χ1) is 12.3. The molecule has 138 valence electrons. The van der Waals surface area contributed by atoms with Gasteiger partial charge in [0.1, 0.15) is 0 Å². The number of aromatic nitrogens is 1. The minimum Gasteiger partial charge on any atom is -0.337 e. The van der Waals surface area contributed by atoms with Crippen LogP contribution in [0.2, 0.25) is 0 Å². The number of likely N-dealkylation sites (N-methyl/N-ethyl adjacent to an activating group) is 1. The van der Waals surface area contributed by atoms with E-state index in [9.17, 15) is 18.0 Å². The predicted octanol–water partition coefficient (Wildman–Crippen LogP) is 3.54. The van der Waals surface area contributed by atoms with Crippen LogP contribution in [-0.4, -0.2) is 53.9 Å². The standard InChI is InChI=1S/C19H20F3N3O/c1-24(2)16-8-9-25(12-16)18(26)14-5-3-4-13(10-14)17-7-6-15(11-23-17)19(20,21)22/h3-7,10-11,16H,8-9,12H2,1-2H3. The molecular weight excluding hydrogens is 343 g/mol. The van der Waals surface area contributed by atoms with Crippen molar-refractivity contribution in [1.82, 2.24) is 14.8 Å². The van der Waals surface area contributed by atoms with E-state index in [4.69, 9.17) is 0 Å². The maximum atomic E-state index is 12.7. The van der Waals surface area contributed by atoms with Crippen molar-refractivity contribution in [3.8, 4) is 11.3 Å². The van der Waals surface area contributed by atoms with E-state index in [1.54, 1.807) is 24.3 Å². The fourth-order valence-corrected chi connectivity index (χ4v) is 3.07. The monoisotopic (exact) mass is 363 g/mol. The van der Waals surface area contributed by atoms with Crippen LogP contribution in [0, 0.1) is 0 Å². The number of nitrogens with zero attached hydrogens (tertiary/aromatic N) is 3. The summed E-state index contributed by atoms with van der Waals surface area (Å²) in [5.74, 6) is -0.0666. The van der Waals surface area contributed by atoms with E-state index in [-0.39, 0.29) is 5.91 Å². The summed E-state index contributed by atoms with van der Waals surface area (Å²) in [7, 11) is 3.99. The SMILES string of the molecule is CN(C)C1CCN(C(=O)c2cccc(-c3ccc(C(F)(F)F)cn3)c2)C1. The highest BCUT2D eigenvalue weighted by Gasteiger charge is 2.31. The van der Waals surface area contributed by atoms with E-state index in [1.165, 1.54) is 6.07 Å². The van der Waals surface area contributed by atoms with Crippen molar-refractivity contribution in [2.75, 3.05) is 27.2 Å². The Morgan fingerprint density at radius 2 is 2.00 bits per heavy atom. The lowest BCUT2D eigenvalue weighted by Crippen LogP contribution is -2.34. The topological polar surface area (TPSA) is 36.4 Å². The second-order valence-corrected chi connectivity index (χ2v) is 6.67. The van der Waals surface area contributed by atoms with Gasteiger partial charge in [0.05, 0.1) is 11.3 Å². The van der Waals surface area contributed by atoms with Gasteiger partial charge in [-0.3, -0.25) is 9.78 Å². The number of carbonyl (C=O) groups is 1. The zero-order valence-corrected chi connectivity index (χ0v) is 14.6. The average molecular weight is 363 g/mol. The lowest BCUT2D eigenvalue weighted by Gasteiger charge is -2.20. The minimum absolute atomic E-state index is 0.0666. The molecule has 1 amide bonds. The molecule has 0 spiro atoms. The molecule has 1 unspecified atom stereocenters. The number of pyridine rings is 1. The van der Waals surface area contributed by atoms with Gasteiger partial charge in [-0.2, -0.15) is 13.2 Å². The largest absolute Gasteiger partial charge is 0.417 e.